The molecular formula is C13H15ClN2O3S. The van der Waals surface area contributed by atoms with Crippen LogP contribution in [0, 0.1) is 0 Å². The Kier molecular flexibility index (Phi) is 5.28. The van der Waals surface area contributed by atoms with Crippen molar-refractivity contribution < 1.29 is 14.3 Å². The third-order valence-corrected chi connectivity index (χ3v) is 4.27. The van der Waals surface area contributed by atoms with Gasteiger partial charge in [-0.15, -0.1) is 0 Å². The van der Waals surface area contributed by atoms with E-state index in [-0.39, 0.29) is 17.5 Å². The lowest BCUT2D eigenvalue weighted by atomic mass is 10.2. The molecular weight excluding hydrogens is 300 g/mol. The molecule has 1 aromatic rings. The fourth-order valence-electron chi connectivity index (χ4n) is 1.83. The second kappa shape index (κ2) is 6.97. The summed E-state index contributed by atoms with van der Waals surface area (Å²) < 4.78 is 4.64. The molecule has 0 spiro atoms. The van der Waals surface area contributed by atoms with Gasteiger partial charge in [-0.05, 0) is 18.2 Å². The van der Waals surface area contributed by atoms with Crippen molar-refractivity contribution in [3.8, 4) is 0 Å². The Labute approximate surface area is 126 Å². The zero-order valence-corrected chi connectivity index (χ0v) is 12.5. The zero-order valence-electron chi connectivity index (χ0n) is 10.9. The topological polar surface area (TPSA) is 67.4 Å². The van der Waals surface area contributed by atoms with Crippen molar-refractivity contribution in [3.63, 3.8) is 0 Å². The van der Waals surface area contributed by atoms with Gasteiger partial charge < -0.3 is 15.4 Å². The van der Waals surface area contributed by atoms with E-state index in [0.29, 0.717) is 10.7 Å². The van der Waals surface area contributed by atoms with Gasteiger partial charge in [0, 0.05) is 23.7 Å². The number of hydrogen-bond donors (Lipinski definition) is 2. The summed E-state index contributed by atoms with van der Waals surface area (Å²) >= 11 is 7.66. The first-order valence-corrected chi connectivity index (χ1v) is 7.65. The maximum Gasteiger partial charge on any atom is 0.339 e. The number of benzene rings is 1. The molecule has 1 heterocycles. The van der Waals surface area contributed by atoms with Gasteiger partial charge in [0.2, 0.25) is 5.91 Å². The fraction of sp³-hybridized carbons (Fsp3) is 0.385. The number of rotatable bonds is 3. The van der Waals surface area contributed by atoms with Crippen LogP contribution in [-0.4, -0.2) is 43.1 Å². The lowest BCUT2D eigenvalue weighted by Crippen LogP contribution is -2.46. The molecule has 0 saturated carbocycles. The molecule has 108 valence electrons. The highest BCUT2D eigenvalue weighted by Crippen LogP contribution is 2.21. The van der Waals surface area contributed by atoms with Gasteiger partial charge in [0.15, 0.2) is 0 Å². The van der Waals surface area contributed by atoms with E-state index in [1.165, 1.54) is 13.2 Å². The standard InChI is InChI=1S/C13H15ClN2O3S/c1-19-13(18)9-6-8(2-3-10(9)14)16-12(17)11-7-20-5-4-15-11/h2-3,6,11,15H,4-5,7H2,1H3,(H,16,17). The quantitative estimate of drug-likeness (QED) is 0.832. The molecule has 20 heavy (non-hydrogen) atoms. The maximum atomic E-state index is 12.1. The predicted molar refractivity (Wildman–Crippen MR) is 80.5 cm³/mol. The predicted octanol–water partition coefficient (Wildman–Crippen LogP) is 1.77. The number of hydrogen-bond acceptors (Lipinski definition) is 5. The Hall–Kier alpha value is -1.24. The SMILES string of the molecule is COC(=O)c1cc(NC(=O)C2CSCCN2)ccc1Cl. The highest BCUT2D eigenvalue weighted by molar-refractivity contribution is 7.99. The van der Waals surface area contributed by atoms with Crippen LogP contribution in [0.5, 0.6) is 0 Å². The van der Waals surface area contributed by atoms with Gasteiger partial charge in [-0.1, -0.05) is 11.6 Å². The van der Waals surface area contributed by atoms with Crippen molar-refractivity contribution in [2.45, 2.75) is 6.04 Å². The molecule has 1 unspecified atom stereocenters. The average Bonchev–Trinajstić information content (AvgIpc) is 2.49. The van der Waals surface area contributed by atoms with Crippen LogP contribution in [0.4, 0.5) is 5.69 Å². The van der Waals surface area contributed by atoms with Crippen LogP contribution in [0.25, 0.3) is 0 Å². The minimum Gasteiger partial charge on any atom is -0.465 e. The number of esters is 1. The third kappa shape index (κ3) is 3.65. The summed E-state index contributed by atoms with van der Waals surface area (Å²) in [6, 6.07) is 4.52. The summed E-state index contributed by atoms with van der Waals surface area (Å²) in [6.45, 7) is 0.816. The number of amides is 1. The Morgan fingerprint density at radius 3 is 2.95 bits per heavy atom. The highest BCUT2D eigenvalue weighted by Gasteiger charge is 2.21. The van der Waals surface area contributed by atoms with E-state index in [9.17, 15) is 9.59 Å². The monoisotopic (exact) mass is 314 g/mol. The third-order valence-electron chi connectivity index (χ3n) is 2.88. The van der Waals surface area contributed by atoms with Crippen molar-refractivity contribution in [1.82, 2.24) is 5.32 Å². The zero-order chi connectivity index (χ0) is 14.5. The highest BCUT2D eigenvalue weighted by atomic mass is 35.5. The molecule has 5 nitrogen and oxygen atoms in total. The number of ether oxygens (including phenoxy) is 1. The molecule has 1 saturated heterocycles. The van der Waals surface area contributed by atoms with Crippen molar-refractivity contribution in [3.05, 3.63) is 28.8 Å². The van der Waals surface area contributed by atoms with Crippen LogP contribution in [-0.2, 0) is 9.53 Å². The number of methoxy groups -OCH3 is 1. The number of anilines is 1. The average molecular weight is 315 g/mol. The molecule has 2 rings (SSSR count). The van der Waals surface area contributed by atoms with E-state index < -0.39 is 5.97 Å². The lowest BCUT2D eigenvalue weighted by molar-refractivity contribution is -0.117. The molecule has 1 fully saturated rings. The molecule has 1 atom stereocenters. The van der Waals surface area contributed by atoms with Gasteiger partial charge in [0.05, 0.1) is 23.7 Å². The van der Waals surface area contributed by atoms with Crippen LogP contribution >= 0.6 is 23.4 Å². The molecule has 1 amide bonds. The van der Waals surface area contributed by atoms with Gasteiger partial charge in [-0.2, -0.15) is 11.8 Å². The molecule has 1 aliphatic rings. The van der Waals surface area contributed by atoms with Crippen LogP contribution in [0.3, 0.4) is 0 Å². The van der Waals surface area contributed by atoms with Gasteiger partial charge in [0.1, 0.15) is 0 Å². The van der Waals surface area contributed by atoms with Crippen LogP contribution in [0.1, 0.15) is 10.4 Å². The lowest BCUT2D eigenvalue weighted by Gasteiger charge is -2.22. The molecule has 1 aliphatic heterocycles. The van der Waals surface area contributed by atoms with Crippen molar-refractivity contribution >= 4 is 40.9 Å². The number of nitrogens with one attached hydrogen (secondary N) is 2. The second-order valence-corrected chi connectivity index (χ2v) is 5.81. The molecule has 7 heteroatoms. The second-order valence-electron chi connectivity index (χ2n) is 4.26. The van der Waals surface area contributed by atoms with E-state index in [2.05, 4.69) is 15.4 Å². The summed E-state index contributed by atoms with van der Waals surface area (Å²) in [5.41, 5.74) is 0.759. The maximum absolute atomic E-state index is 12.1. The summed E-state index contributed by atoms with van der Waals surface area (Å²) in [6.07, 6.45) is 0. The summed E-state index contributed by atoms with van der Waals surface area (Å²) in [7, 11) is 1.28. The summed E-state index contributed by atoms with van der Waals surface area (Å²) in [4.78, 5) is 23.6. The van der Waals surface area contributed by atoms with Crippen molar-refractivity contribution in [2.24, 2.45) is 0 Å². The van der Waals surface area contributed by atoms with Crippen LogP contribution in [0.15, 0.2) is 18.2 Å². The van der Waals surface area contributed by atoms with Crippen molar-refractivity contribution in [2.75, 3.05) is 30.5 Å². The van der Waals surface area contributed by atoms with Crippen molar-refractivity contribution in [1.29, 1.82) is 0 Å². The Morgan fingerprint density at radius 2 is 2.30 bits per heavy atom. The largest absolute Gasteiger partial charge is 0.465 e. The fourth-order valence-corrected chi connectivity index (χ4v) is 2.96. The van der Waals surface area contributed by atoms with E-state index in [4.69, 9.17) is 11.6 Å². The molecule has 0 aliphatic carbocycles. The first-order valence-electron chi connectivity index (χ1n) is 6.11. The Morgan fingerprint density at radius 1 is 1.50 bits per heavy atom. The minimum atomic E-state index is -0.530. The normalized spacial score (nSPS) is 18.4. The Balaban J connectivity index is 2.09. The molecule has 0 aromatic heterocycles. The Bertz CT molecular complexity index is 518. The van der Waals surface area contributed by atoms with E-state index in [1.807, 2.05) is 0 Å². The van der Waals surface area contributed by atoms with Gasteiger partial charge >= 0.3 is 5.97 Å². The van der Waals surface area contributed by atoms with Gasteiger partial charge in [-0.25, -0.2) is 4.79 Å². The molecule has 0 radical (unpaired) electrons. The first-order chi connectivity index (χ1) is 9.61. The number of carbonyl (C=O) groups excluding carboxylic acids is 2. The van der Waals surface area contributed by atoms with Crippen LogP contribution in [0.2, 0.25) is 5.02 Å². The van der Waals surface area contributed by atoms with E-state index in [1.54, 1.807) is 23.9 Å². The smallest absolute Gasteiger partial charge is 0.339 e. The molecule has 2 N–H and O–H groups in total. The summed E-state index contributed by atoms with van der Waals surface area (Å²) in [5, 5.41) is 6.22. The van der Waals surface area contributed by atoms with Gasteiger partial charge in [0.25, 0.3) is 0 Å². The first kappa shape index (κ1) is 15.2. The molecule has 1 aromatic carbocycles. The summed E-state index contributed by atoms with van der Waals surface area (Å²) in [5.74, 6) is 1.10. The minimum absolute atomic E-state index is 0.115. The van der Waals surface area contributed by atoms with E-state index >= 15 is 0 Å². The number of halogens is 1. The van der Waals surface area contributed by atoms with E-state index in [0.717, 1.165) is 18.1 Å². The number of carbonyl (C=O) groups is 2. The number of thioether (sulfide) groups is 1. The molecule has 0 bridgehead atoms. The van der Waals surface area contributed by atoms with Gasteiger partial charge in [-0.3, -0.25) is 4.79 Å². The van der Waals surface area contributed by atoms with Crippen LogP contribution < -0.4 is 10.6 Å².